The zero-order valence-corrected chi connectivity index (χ0v) is 10.1. The molecule has 0 spiro atoms. The maximum Gasteiger partial charge on any atom is 0.148 e. The highest BCUT2D eigenvalue weighted by Crippen LogP contribution is 2.18. The third-order valence-corrected chi connectivity index (χ3v) is 2.94. The standard InChI is InChI=1S/C15H16N2/c1-2-3-4-8-13-10-12-7-5-6-9-14(12)15(11-16)17-13/h5-7,9-10H,2-4,8H2,1H3. The average molecular weight is 224 g/mol. The van der Waals surface area contributed by atoms with Crippen LogP contribution < -0.4 is 0 Å². The van der Waals surface area contributed by atoms with Gasteiger partial charge in [-0.3, -0.25) is 0 Å². The van der Waals surface area contributed by atoms with Crippen LogP contribution in [0, 0.1) is 11.3 Å². The third-order valence-electron chi connectivity index (χ3n) is 2.94. The van der Waals surface area contributed by atoms with E-state index in [0.29, 0.717) is 5.69 Å². The summed E-state index contributed by atoms with van der Waals surface area (Å²) in [5.74, 6) is 0. The van der Waals surface area contributed by atoms with Gasteiger partial charge < -0.3 is 0 Å². The van der Waals surface area contributed by atoms with Crippen molar-refractivity contribution < 1.29 is 0 Å². The van der Waals surface area contributed by atoms with Gasteiger partial charge in [-0.05, 0) is 24.3 Å². The van der Waals surface area contributed by atoms with Gasteiger partial charge in [0.2, 0.25) is 0 Å². The fourth-order valence-corrected chi connectivity index (χ4v) is 2.02. The van der Waals surface area contributed by atoms with Crippen molar-refractivity contribution in [2.24, 2.45) is 0 Å². The number of benzene rings is 1. The van der Waals surface area contributed by atoms with E-state index >= 15 is 0 Å². The van der Waals surface area contributed by atoms with Crippen molar-refractivity contribution in [2.45, 2.75) is 32.6 Å². The molecule has 0 atom stereocenters. The molecule has 0 saturated carbocycles. The smallest absolute Gasteiger partial charge is 0.148 e. The van der Waals surface area contributed by atoms with Crippen molar-refractivity contribution in [3.8, 4) is 6.07 Å². The fraction of sp³-hybridized carbons (Fsp3) is 0.333. The first-order valence-corrected chi connectivity index (χ1v) is 6.14. The Morgan fingerprint density at radius 1 is 1.24 bits per heavy atom. The van der Waals surface area contributed by atoms with Crippen LogP contribution in [0.5, 0.6) is 0 Å². The minimum atomic E-state index is 0.551. The van der Waals surface area contributed by atoms with Crippen molar-refractivity contribution in [1.29, 1.82) is 5.26 Å². The summed E-state index contributed by atoms with van der Waals surface area (Å²) in [7, 11) is 0. The van der Waals surface area contributed by atoms with E-state index in [-0.39, 0.29) is 0 Å². The first-order valence-electron chi connectivity index (χ1n) is 6.14. The Bertz CT molecular complexity index is 552. The second-order valence-corrected chi connectivity index (χ2v) is 4.25. The summed E-state index contributed by atoms with van der Waals surface area (Å²) in [4.78, 5) is 4.43. The second-order valence-electron chi connectivity index (χ2n) is 4.25. The molecule has 0 saturated heterocycles. The van der Waals surface area contributed by atoms with Gasteiger partial charge in [0, 0.05) is 11.1 Å². The van der Waals surface area contributed by atoms with Crippen molar-refractivity contribution in [3.05, 3.63) is 41.7 Å². The highest BCUT2D eigenvalue weighted by atomic mass is 14.7. The molecule has 1 aromatic carbocycles. The number of hydrogen-bond donors (Lipinski definition) is 0. The van der Waals surface area contributed by atoms with Crippen LogP contribution in [0.25, 0.3) is 10.8 Å². The lowest BCUT2D eigenvalue weighted by Crippen LogP contribution is -1.94. The molecular weight excluding hydrogens is 208 g/mol. The monoisotopic (exact) mass is 224 g/mol. The molecule has 1 heterocycles. The lowest BCUT2D eigenvalue weighted by molar-refractivity contribution is 0.707. The largest absolute Gasteiger partial charge is 0.241 e. The number of aryl methyl sites for hydroxylation is 1. The van der Waals surface area contributed by atoms with E-state index in [0.717, 1.165) is 29.3 Å². The van der Waals surface area contributed by atoms with Crippen LogP contribution in [0.1, 0.15) is 37.6 Å². The SMILES string of the molecule is CCCCCc1cc2ccccc2c(C#N)n1. The van der Waals surface area contributed by atoms with Gasteiger partial charge >= 0.3 is 0 Å². The topological polar surface area (TPSA) is 36.7 Å². The Labute approximate surface area is 102 Å². The number of pyridine rings is 1. The number of fused-ring (bicyclic) bond motifs is 1. The van der Waals surface area contributed by atoms with E-state index in [1.165, 1.54) is 12.8 Å². The van der Waals surface area contributed by atoms with Crippen LogP contribution >= 0.6 is 0 Å². The molecule has 0 fully saturated rings. The van der Waals surface area contributed by atoms with Gasteiger partial charge in [-0.15, -0.1) is 0 Å². The molecular formula is C15H16N2. The predicted octanol–water partition coefficient (Wildman–Crippen LogP) is 3.84. The minimum absolute atomic E-state index is 0.551. The Hall–Kier alpha value is -1.88. The van der Waals surface area contributed by atoms with Gasteiger partial charge in [-0.2, -0.15) is 5.26 Å². The summed E-state index contributed by atoms with van der Waals surface area (Å²) in [6, 6.07) is 12.2. The van der Waals surface area contributed by atoms with Crippen molar-refractivity contribution >= 4 is 10.8 Å². The highest BCUT2D eigenvalue weighted by molar-refractivity contribution is 5.86. The Morgan fingerprint density at radius 2 is 2.06 bits per heavy atom. The lowest BCUT2D eigenvalue weighted by Gasteiger charge is -2.04. The molecule has 0 aliphatic heterocycles. The molecule has 2 aromatic rings. The quantitative estimate of drug-likeness (QED) is 0.740. The van der Waals surface area contributed by atoms with Gasteiger partial charge in [-0.1, -0.05) is 44.0 Å². The van der Waals surface area contributed by atoms with Crippen LogP contribution in [-0.2, 0) is 6.42 Å². The average Bonchev–Trinajstić information content (AvgIpc) is 2.38. The van der Waals surface area contributed by atoms with Crippen molar-refractivity contribution in [3.63, 3.8) is 0 Å². The van der Waals surface area contributed by atoms with E-state index in [9.17, 15) is 0 Å². The van der Waals surface area contributed by atoms with E-state index < -0.39 is 0 Å². The van der Waals surface area contributed by atoms with Gasteiger partial charge in [0.05, 0.1) is 0 Å². The van der Waals surface area contributed by atoms with E-state index in [1.54, 1.807) is 0 Å². The Balaban J connectivity index is 2.36. The van der Waals surface area contributed by atoms with E-state index in [2.05, 4.69) is 24.0 Å². The molecule has 0 aliphatic carbocycles. The molecule has 0 aliphatic rings. The Morgan fingerprint density at radius 3 is 2.82 bits per heavy atom. The number of rotatable bonds is 4. The molecule has 2 nitrogen and oxygen atoms in total. The number of aromatic nitrogens is 1. The van der Waals surface area contributed by atoms with Crippen LogP contribution in [0.3, 0.4) is 0 Å². The zero-order valence-electron chi connectivity index (χ0n) is 10.1. The first kappa shape index (κ1) is 11.6. The molecule has 0 N–H and O–H groups in total. The molecule has 0 radical (unpaired) electrons. The van der Waals surface area contributed by atoms with Gasteiger partial charge in [0.1, 0.15) is 11.8 Å². The fourth-order valence-electron chi connectivity index (χ4n) is 2.02. The number of unbranched alkanes of at least 4 members (excludes halogenated alkanes) is 2. The summed E-state index contributed by atoms with van der Waals surface area (Å²) in [6.45, 7) is 2.19. The predicted molar refractivity (Wildman–Crippen MR) is 69.7 cm³/mol. The molecule has 86 valence electrons. The Kier molecular flexibility index (Phi) is 3.72. The van der Waals surface area contributed by atoms with Gasteiger partial charge in [-0.25, -0.2) is 4.98 Å². The number of nitrogens with zero attached hydrogens (tertiary/aromatic N) is 2. The summed E-state index contributed by atoms with van der Waals surface area (Å²) >= 11 is 0. The zero-order chi connectivity index (χ0) is 12.1. The summed E-state index contributed by atoms with van der Waals surface area (Å²) in [5.41, 5.74) is 1.59. The molecule has 17 heavy (non-hydrogen) atoms. The van der Waals surface area contributed by atoms with Crippen LogP contribution in [0.15, 0.2) is 30.3 Å². The maximum atomic E-state index is 9.12. The van der Waals surface area contributed by atoms with Crippen molar-refractivity contribution in [2.75, 3.05) is 0 Å². The highest BCUT2D eigenvalue weighted by Gasteiger charge is 2.04. The van der Waals surface area contributed by atoms with E-state index in [1.807, 2.05) is 24.3 Å². The molecule has 0 amide bonds. The van der Waals surface area contributed by atoms with Gasteiger partial charge in [0.15, 0.2) is 0 Å². The minimum Gasteiger partial charge on any atom is -0.241 e. The summed E-state index contributed by atoms with van der Waals surface area (Å²) < 4.78 is 0. The summed E-state index contributed by atoms with van der Waals surface area (Å²) in [6.07, 6.45) is 4.54. The molecule has 1 aromatic heterocycles. The molecule has 2 rings (SSSR count). The van der Waals surface area contributed by atoms with Gasteiger partial charge in [0.25, 0.3) is 0 Å². The molecule has 0 unspecified atom stereocenters. The second kappa shape index (κ2) is 5.45. The number of hydrogen-bond acceptors (Lipinski definition) is 2. The van der Waals surface area contributed by atoms with Crippen LogP contribution in [-0.4, -0.2) is 4.98 Å². The van der Waals surface area contributed by atoms with Crippen LogP contribution in [0.4, 0.5) is 0 Å². The maximum absolute atomic E-state index is 9.12. The van der Waals surface area contributed by atoms with Crippen molar-refractivity contribution in [1.82, 2.24) is 4.98 Å². The molecule has 2 heteroatoms. The first-order chi connectivity index (χ1) is 8.35. The normalized spacial score (nSPS) is 10.4. The molecule has 0 bridgehead atoms. The van der Waals surface area contributed by atoms with E-state index in [4.69, 9.17) is 5.26 Å². The number of nitriles is 1. The third kappa shape index (κ3) is 2.62. The van der Waals surface area contributed by atoms with Crippen LogP contribution in [0.2, 0.25) is 0 Å². The summed E-state index contributed by atoms with van der Waals surface area (Å²) in [5, 5.41) is 11.2. The lowest BCUT2D eigenvalue weighted by atomic mass is 10.1.